The number of carbonyl (C=O) groups excluding carboxylic acids is 2. The highest BCUT2D eigenvalue weighted by Gasteiger charge is 2.33. The Morgan fingerprint density at radius 3 is 2.79 bits per heavy atom. The number of anilines is 1. The molecule has 0 aliphatic carbocycles. The highest BCUT2D eigenvalue weighted by Crippen LogP contribution is 2.33. The number of benzene rings is 1. The lowest BCUT2D eigenvalue weighted by molar-refractivity contribution is -0.126. The van der Waals surface area contributed by atoms with E-state index in [9.17, 15) is 9.59 Å². The molecule has 0 radical (unpaired) electrons. The maximum Gasteiger partial charge on any atom is 0.266 e. The lowest BCUT2D eigenvalue weighted by Gasteiger charge is -2.14. The Balaban J connectivity index is 1.69. The van der Waals surface area contributed by atoms with Crippen molar-refractivity contribution in [3.8, 4) is 0 Å². The lowest BCUT2D eigenvalue weighted by Crippen LogP contribution is -2.36. The molecule has 1 N–H and O–H groups in total. The van der Waals surface area contributed by atoms with Crippen LogP contribution in [0, 0.1) is 0 Å². The fraction of sp³-hybridized carbons (Fsp3) is 0.0625. The van der Waals surface area contributed by atoms with Gasteiger partial charge in [-0.1, -0.05) is 42.2 Å². The van der Waals surface area contributed by atoms with Crippen LogP contribution >= 0.6 is 51.2 Å². The molecule has 1 saturated heterocycles. The standard InChI is InChI=1S/C16H11BrN2O2S3/c17-11-5-1-2-6-12(11)18-14(20)9-19-15(21)13(24-16(19)22)8-10-4-3-7-23-10/h1-8H,9H2,(H,18,20). The minimum atomic E-state index is -0.296. The van der Waals surface area contributed by atoms with Crippen molar-refractivity contribution in [3.05, 3.63) is 56.0 Å². The van der Waals surface area contributed by atoms with Crippen LogP contribution in [0.3, 0.4) is 0 Å². The molecule has 3 rings (SSSR count). The van der Waals surface area contributed by atoms with E-state index in [0.717, 1.165) is 9.35 Å². The van der Waals surface area contributed by atoms with Crippen LogP contribution in [0.5, 0.6) is 0 Å². The van der Waals surface area contributed by atoms with Gasteiger partial charge in [-0.05, 0) is 45.6 Å². The summed E-state index contributed by atoms with van der Waals surface area (Å²) in [4.78, 5) is 27.5. The average Bonchev–Trinajstić information content (AvgIpc) is 3.14. The molecule has 0 unspecified atom stereocenters. The van der Waals surface area contributed by atoms with E-state index >= 15 is 0 Å². The van der Waals surface area contributed by atoms with E-state index in [1.807, 2.05) is 35.7 Å². The Labute approximate surface area is 161 Å². The summed E-state index contributed by atoms with van der Waals surface area (Å²) in [5.41, 5.74) is 0.655. The van der Waals surface area contributed by atoms with E-state index in [1.54, 1.807) is 23.5 Å². The van der Waals surface area contributed by atoms with Gasteiger partial charge in [0, 0.05) is 9.35 Å². The monoisotopic (exact) mass is 438 g/mol. The molecular formula is C16H11BrN2O2S3. The molecule has 1 aliphatic rings. The summed E-state index contributed by atoms with van der Waals surface area (Å²) >= 11 is 11.4. The third-order valence-electron chi connectivity index (χ3n) is 3.14. The van der Waals surface area contributed by atoms with Crippen molar-refractivity contribution in [2.45, 2.75) is 0 Å². The molecule has 1 aromatic carbocycles. The number of hydrogen-bond acceptors (Lipinski definition) is 5. The van der Waals surface area contributed by atoms with Crippen molar-refractivity contribution in [2.75, 3.05) is 11.9 Å². The Bertz CT molecular complexity index is 834. The van der Waals surface area contributed by atoms with Gasteiger partial charge in [-0.3, -0.25) is 14.5 Å². The molecule has 0 spiro atoms. The minimum Gasteiger partial charge on any atom is -0.324 e. The Morgan fingerprint density at radius 1 is 1.29 bits per heavy atom. The van der Waals surface area contributed by atoms with Crippen LogP contribution in [-0.4, -0.2) is 27.6 Å². The zero-order valence-electron chi connectivity index (χ0n) is 12.2. The molecule has 0 saturated carbocycles. The summed E-state index contributed by atoms with van der Waals surface area (Å²) in [5.74, 6) is -0.531. The third kappa shape index (κ3) is 3.94. The van der Waals surface area contributed by atoms with Crippen molar-refractivity contribution in [1.29, 1.82) is 0 Å². The maximum atomic E-state index is 12.5. The van der Waals surface area contributed by atoms with E-state index < -0.39 is 0 Å². The largest absolute Gasteiger partial charge is 0.324 e. The van der Waals surface area contributed by atoms with Crippen LogP contribution in [0.15, 0.2) is 51.2 Å². The van der Waals surface area contributed by atoms with Gasteiger partial charge in [0.15, 0.2) is 0 Å². The number of halogens is 1. The molecule has 0 bridgehead atoms. The second-order valence-electron chi connectivity index (χ2n) is 4.81. The van der Waals surface area contributed by atoms with E-state index in [0.29, 0.717) is 14.9 Å². The van der Waals surface area contributed by atoms with Crippen LogP contribution < -0.4 is 5.32 Å². The van der Waals surface area contributed by atoms with E-state index in [-0.39, 0.29) is 18.4 Å². The second kappa shape index (κ2) is 7.60. The number of hydrogen-bond donors (Lipinski definition) is 1. The molecule has 2 amide bonds. The summed E-state index contributed by atoms with van der Waals surface area (Å²) in [6.07, 6.45) is 1.80. The fourth-order valence-electron chi connectivity index (χ4n) is 2.03. The van der Waals surface area contributed by atoms with Crippen LogP contribution in [0.2, 0.25) is 0 Å². The first-order valence-corrected chi connectivity index (χ1v) is 9.77. The number of thiophene rings is 1. The Hall–Kier alpha value is -1.48. The first kappa shape index (κ1) is 17.3. The van der Waals surface area contributed by atoms with Crippen LogP contribution in [0.4, 0.5) is 5.69 Å². The molecule has 2 heterocycles. The summed E-state index contributed by atoms with van der Waals surface area (Å²) in [6.45, 7) is -0.103. The van der Waals surface area contributed by atoms with Crippen molar-refractivity contribution in [3.63, 3.8) is 0 Å². The quantitative estimate of drug-likeness (QED) is 0.569. The first-order valence-electron chi connectivity index (χ1n) is 6.88. The van der Waals surface area contributed by atoms with Gasteiger partial charge in [0.05, 0.1) is 10.6 Å². The molecule has 2 aromatic rings. The van der Waals surface area contributed by atoms with Gasteiger partial charge in [0.1, 0.15) is 10.9 Å². The van der Waals surface area contributed by atoms with Gasteiger partial charge in [0.2, 0.25) is 5.91 Å². The molecule has 24 heavy (non-hydrogen) atoms. The highest BCUT2D eigenvalue weighted by molar-refractivity contribution is 9.10. The number of carbonyl (C=O) groups is 2. The number of thiocarbonyl (C=S) groups is 1. The SMILES string of the molecule is O=C(CN1C(=O)C(=Cc2cccs2)SC1=S)Nc1ccccc1Br. The van der Waals surface area contributed by atoms with Gasteiger partial charge in [0.25, 0.3) is 5.91 Å². The molecular weight excluding hydrogens is 428 g/mol. The molecule has 4 nitrogen and oxygen atoms in total. The fourth-order valence-corrected chi connectivity index (χ4v) is 4.40. The van der Waals surface area contributed by atoms with Crippen molar-refractivity contribution >= 4 is 79.1 Å². The van der Waals surface area contributed by atoms with Crippen molar-refractivity contribution < 1.29 is 9.59 Å². The van der Waals surface area contributed by atoms with Crippen molar-refractivity contribution in [1.82, 2.24) is 4.90 Å². The number of nitrogens with one attached hydrogen (secondary N) is 1. The average molecular weight is 439 g/mol. The van der Waals surface area contributed by atoms with E-state index in [2.05, 4.69) is 21.2 Å². The van der Waals surface area contributed by atoms with Crippen LogP contribution in [0.25, 0.3) is 6.08 Å². The molecule has 122 valence electrons. The summed E-state index contributed by atoms with van der Waals surface area (Å²) in [5, 5.41) is 4.71. The van der Waals surface area contributed by atoms with Gasteiger partial charge in [-0.25, -0.2) is 0 Å². The number of thioether (sulfide) groups is 1. The molecule has 1 aliphatic heterocycles. The summed E-state index contributed by atoms with van der Waals surface area (Å²) < 4.78 is 1.17. The van der Waals surface area contributed by atoms with Gasteiger partial charge >= 0.3 is 0 Å². The number of para-hydroxylation sites is 1. The first-order chi connectivity index (χ1) is 11.5. The predicted octanol–water partition coefficient (Wildman–Crippen LogP) is 4.35. The van der Waals surface area contributed by atoms with Crippen LogP contribution in [-0.2, 0) is 9.59 Å². The van der Waals surface area contributed by atoms with Crippen molar-refractivity contribution in [2.24, 2.45) is 0 Å². The van der Waals surface area contributed by atoms with Crippen LogP contribution in [0.1, 0.15) is 4.88 Å². The minimum absolute atomic E-state index is 0.103. The number of nitrogens with zero attached hydrogens (tertiary/aromatic N) is 1. The third-order valence-corrected chi connectivity index (χ3v) is 6.03. The predicted molar refractivity (Wildman–Crippen MR) is 107 cm³/mol. The number of rotatable bonds is 4. The van der Waals surface area contributed by atoms with E-state index in [4.69, 9.17) is 12.2 Å². The number of amides is 2. The smallest absolute Gasteiger partial charge is 0.266 e. The van der Waals surface area contributed by atoms with Gasteiger partial charge in [-0.2, -0.15) is 0 Å². The molecule has 0 atom stereocenters. The Morgan fingerprint density at radius 2 is 2.08 bits per heavy atom. The molecule has 1 aromatic heterocycles. The zero-order valence-corrected chi connectivity index (χ0v) is 16.2. The summed E-state index contributed by atoms with van der Waals surface area (Å²) in [6, 6.07) is 11.1. The highest BCUT2D eigenvalue weighted by atomic mass is 79.9. The van der Waals surface area contributed by atoms with Gasteiger partial charge in [-0.15, -0.1) is 11.3 Å². The maximum absolute atomic E-state index is 12.5. The van der Waals surface area contributed by atoms with Gasteiger partial charge < -0.3 is 5.32 Å². The molecule has 8 heteroatoms. The zero-order chi connectivity index (χ0) is 17.1. The second-order valence-corrected chi connectivity index (χ2v) is 8.32. The normalized spacial score (nSPS) is 16.0. The summed E-state index contributed by atoms with van der Waals surface area (Å²) in [7, 11) is 0. The Kier molecular flexibility index (Phi) is 5.50. The topological polar surface area (TPSA) is 49.4 Å². The lowest BCUT2D eigenvalue weighted by atomic mass is 10.3. The van der Waals surface area contributed by atoms with E-state index in [1.165, 1.54) is 16.7 Å². The molecule has 1 fully saturated rings.